The number of piperidine rings is 1. The van der Waals surface area contributed by atoms with Crippen molar-refractivity contribution in [3.05, 3.63) is 35.5 Å². The van der Waals surface area contributed by atoms with Crippen LogP contribution in [0.2, 0.25) is 0 Å². The SMILES string of the molecule is Cc1nccc([C@@H]2CCCN(C(=O)CCc3nc(C(C)C)no3)C2)n1. The number of carbonyl (C=O) groups is 1. The van der Waals surface area contributed by atoms with Crippen molar-refractivity contribution in [3.8, 4) is 0 Å². The van der Waals surface area contributed by atoms with E-state index in [0.29, 0.717) is 24.6 Å². The summed E-state index contributed by atoms with van der Waals surface area (Å²) in [5, 5.41) is 3.94. The van der Waals surface area contributed by atoms with Gasteiger partial charge in [-0.25, -0.2) is 9.97 Å². The van der Waals surface area contributed by atoms with E-state index in [9.17, 15) is 4.79 Å². The van der Waals surface area contributed by atoms with Gasteiger partial charge in [0.1, 0.15) is 5.82 Å². The molecule has 1 atom stereocenters. The van der Waals surface area contributed by atoms with E-state index >= 15 is 0 Å². The van der Waals surface area contributed by atoms with Crippen LogP contribution in [0.1, 0.15) is 68.2 Å². The van der Waals surface area contributed by atoms with Gasteiger partial charge in [-0.3, -0.25) is 4.79 Å². The van der Waals surface area contributed by atoms with Gasteiger partial charge in [0.05, 0.1) is 0 Å². The minimum absolute atomic E-state index is 0.139. The van der Waals surface area contributed by atoms with Gasteiger partial charge >= 0.3 is 0 Å². The average molecular weight is 343 g/mol. The highest BCUT2D eigenvalue weighted by atomic mass is 16.5. The lowest BCUT2D eigenvalue weighted by Gasteiger charge is -2.32. The molecule has 0 spiro atoms. The number of aromatic nitrogens is 4. The minimum atomic E-state index is 0.139. The van der Waals surface area contributed by atoms with Crippen molar-refractivity contribution >= 4 is 5.91 Å². The van der Waals surface area contributed by atoms with Crippen molar-refractivity contribution in [1.29, 1.82) is 0 Å². The zero-order valence-electron chi connectivity index (χ0n) is 15.1. The van der Waals surface area contributed by atoms with E-state index in [-0.39, 0.29) is 17.7 Å². The van der Waals surface area contributed by atoms with Crippen LogP contribution in [0.15, 0.2) is 16.8 Å². The van der Waals surface area contributed by atoms with Crippen LogP contribution in [0.3, 0.4) is 0 Å². The lowest BCUT2D eigenvalue weighted by molar-refractivity contribution is -0.132. The Morgan fingerprint density at radius 2 is 2.24 bits per heavy atom. The molecule has 3 rings (SSSR count). The molecule has 0 aliphatic carbocycles. The third-order valence-electron chi connectivity index (χ3n) is 4.54. The van der Waals surface area contributed by atoms with E-state index in [4.69, 9.17) is 4.52 Å². The van der Waals surface area contributed by atoms with Gasteiger partial charge in [0.25, 0.3) is 0 Å². The van der Waals surface area contributed by atoms with Crippen LogP contribution >= 0.6 is 0 Å². The van der Waals surface area contributed by atoms with E-state index in [1.54, 1.807) is 6.20 Å². The highest BCUT2D eigenvalue weighted by Gasteiger charge is 2.26. The molecular formula is C18H25N5O2. The zero-order chi connectivity index (χ0) is 17.8. The fourth-order valence-corrected chi connectivity index (χ4v) is 3.12. The Bertz CT molecular complexity index is 728. The van der Waals surface area contributed by atoms with Gasteiger partial charge < -0.3 is 9.42 Å². The average Bonchev–Trinajstić information content (AvgIpc) is 3.09. The molecule has 1 aliphatic heterocycles. The largest absolute Gasteiger partial charge is 0.342 e. The molecule has 0 aromatic carbocycles. The van der Waals surface area contributed by atoms with Crippen molar-refractivity contribution in [1.82, 2.24) is 25.0 Å². The summed E-state index contributed by atoms with van der Waals surface area (Å²) < 4.78 is 5.22. The number of aryl methyl sites for hydroxylation is 2. The second-order valence-electron chi connectivity index (χ2n) is 6.91. The Kier molecular flexibility index (Phi) is 5.40. The van der Waals surface area contributed by atoms with Crippen LogP contribution in [0.25, 0.3) is 0 Å². The Balaban J connectivity index is 1.56. The monoisotopic (exact) mass is 343 g/mol. The quantitative estimate of drug-likeness (QED) is 0.829. The minimum Gasteiger partial charge on any atom is -0.342 e. The molecule has 2 aromatic heterocycles. The van der Waals surface area contributed by atoms with Crippen LogP contribution in [-0.4, -0.2) is 44.0 Å². The first-order chi connectivity index (χ1) is 12.0. The fourth-order valence-electron chi connectivity index (χ4n) is 3.12. The number of hydrogen-bond acceptors (Lipinski definition) is 6. The summed E-state index contributed by atoms with van der Waals surface area (Å²) in [6, 6.07) is 1.96. The molecular weight excluding hydrogens is 318 g/mol. The maximum absolute atomic E-state index is 12.6. The van der Waals surface area contributed by atoms with Crippen molar-refractivity contribution in [3.63, 3.8) is 0 Å². The molecule has 25 heavy (non-hydrogen) atoms. The third kappa shape index (κ3) is 4.41. The maximum Gasteiger partial charge on any atom is 0.227 e. The van der Waals surface area contributed by atoms with Gasteiger partial charge in [-0.2, -0.15) is 4.98 Å². The molecule has 1 aliphatic rings. The van der Waals surface area contributed by atoms with Crippen LogP contribution in [-0.2, 0) is 11.2 Å². The molecule has 1 amide bonds. The summed E-state index contributed by atoms with van der Waals surface area (Å²) in [5.41, 5.74) is 1.03. The van der Waals surface area contributed by atoms with E-state index in [2.05, 4.69) is 20.1 Å². The number of nitrogens with zero attached hydrogens (tertiary/aromatic N) is 5. The second kappa shape index (κ2) is 7.72. The molecule has 0 bridgehead atoms. The van der Waals surface area contributed by atoms with Crippen molar-refractivity contribution in [2.75, 3.05) is 13.1 Å². The van der Waals surface area contributed by atoms with Gasteiger partial charge in [0.2, 0.25) is 11.8 Å². The Morgan fingerprint density at radius 3 is 2.96 bits per heavy atom. The molecule has 1 fully saturated rings. The molecule has 7 nitrogen and oxygen atoms in total. The number of likely N-dealkylation sites (tertiary alicyclic amines) is 1. The lowest BCUT2D eigenvalue weighted by Crippen LogP contribution is -2.39. The topological polar surface area (TPSA) is 85.0 Å². The first-order valence-corrected chi connectivity index (χ1v) is 8.92. The predicted molar refractivity (Wildman–Crippen MR) is 92.0 cm³/mol. The van der Waals surface area contributed by atoms with Crippen LogP contribution in [0, 0.1) is 6.92 Å². The first-order valence-electron chi connectivity index (χ1n) is 8.92. The molecule has 1 saturated heterocycles. The molecule has 2 aromatic rings. The van der Waals surface area contributed by atoms with Crippen LogP contribution in [0.5, 0.6) is 0 Å². The van der Waals surface area contributed by atoms with E-state index < -0.39 is 0 Å². The maximum atomic E-state index is 12.6. The Labute approximate surface area is 147 Å². The van der Waals surface area contributed by atoms with E-state index in [0.717, 1.165) is 37.4 Å². The standard InChI is InChI=1S/C18H25N5O2/c1-12(2)18-21-16(25-22-18)6-7-17(24)23-10-4-5-14(11-23)15-8-9-19-13(3)20-15/h8-9,12,14H,4-7,10-11H2,1-3H3/t14-/m1/s1. The van der Waals surface area contributed by atoms with Crippen LogP contribution < -0.4 is 0 Å². The summed E-state index contributed by atoms with van der Waals surface area (Å²) in [6.45, 7) is 7.45. The molecule has 0 N–H and O–H groups in total. The Hall–Kier alpha value is -2.31. The van der Waals surface area contributed by atoms with Gasteiger partial charge in [0.15, 0.2) is 5.82 Å². The third-order valence-corrected chi connectivity index (χ3v) is 4.54. The second-order valence-corrected chi connectivity index (χ2v) is 6.91. The number of carbonyl (C=O) groups excluding carboxylic acids is 1. The van der Waals surface area contributed by atoms with Crippen LogP contribution in [0.4, 0.5) is 0 Å². The number of hydrogen-bond donors (Lipinski definition) is 0. The fraction of sp³-hybridized carbons (Fsp3) is 0.611. The predicted octanol–water partition coefficient (Wildman–Crippen LogP) is 2.63. The molecule has 7 heteroatoms. The van der Waals surface area contributed by atoms with Crippen molar-refractivity contribution < 1.29 is 9.32 Å². The highest BCUT2D eigenvalue weighted by molar-refractivity contribution is 5.76. The van der Waals surface area contributed by atoms with Gasteiger partial charge in [0, 0.05) is 49.7 Å². The zero-order valence-corrected chi connectivity index (χ0v) is 15.1. The summed E-state index contributed by atoms with van der Waals surface area (Å²) in [7, 11) is 0. The molecule has 0 radical (unpaired) electrons. The van der Waals surface area contributed by atoms with E-state index in [1.807, 2.05) is 31.7 Å². The molecule has 134 valence electrons. The van der Waals surface area contributed by atoms with Crippen molar-refractivity contribution in [2.45, 2.75) is 58.3 Å². The molecule has 0 unspecified atom stereocenters. The summed E-state index contributed by atoms with van der Waals surface area (Å²) in [4.78, 5) is 27.5. The molecule has 3 heterocycles. The molecule has 0 saturated carbocycles. The lowest BCUT2D eigenvalue weighted by atomic mass is 9.94. The smallest absolute Gasteiger partial charge is 0.227 e. The summed E-state index contributed by atoms with van der Waals surface area (Å²) in [5.74, 6) is 2.66. The van der Waals surface area contributed by atoms with Gasteiger partial charge in [-0.15, -0.1) is 0 Å². The first kappa shape index (κ1) is 17.5. The summed E-state index contributed by atoms with van der Waals surface area (Å²) >= 11 is 0. The Morgan fingerprint density at radius 1 is 1.40 bits per heavy atom. The van der Waals surface area contributed by atoms with Gasteiger partial charge in [-0.1, -0.05) is 19.0 Å². The number of rotatable bonds is 5. The van der Waals surface area contributed by atoms with E-state index in [1.165, 1.54) is 0 Å². The highest BCUT2D eigenvalue weighted by Crippen LogP contribution is 2.26. The number of amides is 1. The summed E-state index contributed by atoms with van der Waals surface area (Å²) in [6.07, 6.45) is 4.74. The van der Waals surface area contributed by atoms with Crippen molar-refractivity contribution in [2.24, 2.45) is 0 Å². The van der Waals surface area contributed by atoms with Gasteiger partial charge in [-0.05, 0) is 25.8 Å². The normalized spacial score (nSPS) is 17.9.